The summed E-state index contributed by atoms with van der Waals surface area (Å²) >= 11 is 0. The summed E-state index contributed by atoms with van der Waals surface area (Å²) in [6, 6.07) is 5.77. The van der Waals surface area contributed by atoms with Gasteiger partial charge in [-0.1, -0.05) is 6.92 Å². The van der Waals surface area contributed by atoms with Crippen LogP contribution in [0.25, 0.3) is 0 Å². The van der Waals surface area contributed by atoms with Gasteiger partial charge in [0, 0.05) is 44.4 Å². The van der Waals surface area contributed by atoms with Crippen molar-refractivity contribution in [2.24, 2.45) is 0 Å². The number of β-amino-alcohol motifs (C(OH)–C–C–N with tert-alkyl or cyclic N) is 1. The predicted molar refractivity (Wildman–Crippen MR) is 93.6 cm³/mol. The molecule has 7 heteroatoms. The lowest BCUT2D eigenvalue weighted by Gasteiger charge is -2.30. The molecule has 1 fully saturated rings. The van der Waals surface area contributed by atoms with Crippen LogP contribution in [0.15, 0.2) is 43.0 Å². The van der Waals surface area contributed by atoms with E-state index in [9.17, 15) is 9.90 Å². The molecule has 1 aliphatic rings. The first-order valence-electron chi connectivity index (χ1n) is 8.67. The van der Waals surface area contributed by atoms with Crippen LogP contribution in [0.1, 0.15) is 18.9 Å². The van der Waals surface area contributed by atoms with Gasteiger partial charge in [-0.3, -0.25) is 19.4 Å². The molecule has 0 aromatic carbocycles. The second-order valence-electron chi connectivity index (χ2n) is 6.65. The number of carbonyl (C=O) groups is 1. The number of pyridine rings is 1. The number of rotatable bonds is 7. The first kappa shape index (κ1) is 17.6. The van der Waals surface area contributed by atoms with Crippen molar-refractivity contribution in [1.29, 1.82) is 0 Å². The van der Waals surface area contributed by atoms with E-state index < -0.39 is 5.60 Å². The third kappa shape index (κ3) is 4.64. The van der Waals surface area contributed by atoms with Crippen LogP contribution in [0.2, 0.25) is 0 Å². The average molecular weight is 343 g/mol. The zero-order valence-electron chi connectivity index (χ0n) is 14.6. The number of likely N-dealkylation sites (N-methyl/N-ethyl adjacent to an activating group) is 1. The number of likely N-dealkylation sites (tertiary alicyclic amines) is 1. The van der Waals surface area contributed by atoms with Gasteiger partial charge in [0.15, 0.2) is 0 Å². The Morgan fingerprint density at radius 2 is 2.16 bits per heavy atom. The highest BCUT2D eigenvalue weighted by molar-refractivity contribution is 5.76. The molecule has 0 spiro atoms. The van der Waals surface area contributed by atoms with Crippen molar-refractivity contribution < 1.29 is 9.90 Å². The number of amides is 1. The van der Waals surface area contributed by atoms with Crippen LogP contribution in [0, 0.1) is 0 Å². The summed E-state index contributed by atoms with van der Waals surface area (Å²) in [6.07, 6.45) is 7.59. The molecule has 1 N–H and O–H groups in total. The molecule has 2 aromatic rings. The molecule has 1 aliphatic heterocycles. The highest BCUT2D eigenvalue weighted by Gasteiger charge is 2.39. The van der Waals surface area contributed by atoms with Gasteiger partial charge in [-0.2, -0.15) is 5.10 Å². The minimum atomic E-state index is -0.858. The lowest BCUT2D eigenvalue weighted by Crippen LogP contribution is -2.46. The number of carbonyl (C=O) groups excluding carboxylic acids is 1. The summed E-state index contributed by atoms with van der Waals surface area (Å²) in [7, 11) is 0. The molecule has 134 valence electrons. The first-order valence-corrected chi connectivity index (χ1v) is 8.67. The van der Waals surface area contributed by atoms with Crippen molar-refractivity contribution in [3.05, 3.63) is 48.5 Å². The normalized spacial score (nSPS) is 20.4. The zero-order valence-corrected chi connectivity index (χ0v) is 14.6. The molecule has 3 rings (SSSR count). The Morgan fingerprint density at radius 1 is 1.36 bits per heavy atom. The van der Waals surface area contributed by atoms with E-state index in [1.807, 2.05) is 12.1 Å². The van der Waals surface area contributed by atoms with E-state index in [-0.39, 0.29) is 12.5 Å². The van der Waals surface area contributed by atoms with Crippen LogP contribution in [-0.4, -0.2) is 67.4 Å². The molecule has 1 saturated heterocycles. The molecule has 0 bridgehead atoms. The van der Waals surface area contributed by atoms with E-state index in [4.69, 9.17) is 0 Å². The van der Waals surface area contributed by atoms with Crippen molar-refractivity contribution in [2.75, 3.05) is 26.2 Å². The summed E-state index contributed by atoms with van der Waals surface area (Å²) in [6.45, 7) is 5.42. The number of aromatic nitrogens is 3. The lowest BCUT2D eigenvalue weighted by molar-refractivity contribution is -0.132. The summed E-state index contributed by atoms with van der Waals surface area (Å²) in [5, 5.41) is 15.0. The monoisotopic (exact) mass is 343 g/mol. The number of aliphatic hydroxyl groups is 1. The van der Waals surface area contributed by atoms with Crippen LogP contribution in [0.5, 0.6) is 0 Å². The topological polar surface area (TPSA) is 74.5 Å². The fourth-order valence-corrected chi connectivity index (χ4v) is 3.27. The molecule has 1 atom stereocenters. The van der Waals surface area contributed by atoms with Gasteiger partial charge >= 0.3 is 0 Å². The second-order valence-corrected chi connectivity index (χ2v) is 6.65. The van der Waals surface area contributed by atoms with Crippen molar-refractivity contribution in [3.63, 3.8) is 0 Å². The van der Waals surface area contributed by atoms with Crippen molar-refractivity contribution in [3.8, 4) is 0 Å². The number of hydrogen-bond donors (Lipinski definition) is 1. The van der Waals surface area contributed by atoms with Gasteiger partial charge in [0.25, 0.3) is 0 Å². The van der Waals surface area contributed by atoms with Crippen LogP contribution in [0.3, 0.4) is 0 Å². The van der Waals surface area contributed by atoms with Crippen LogP contribution in [-0.2, 0) is 17.9 Å². The maximum absolute atomic E-state index is 12.4. The Hall–Kier alpha value is -2.25. The number of nitrogens with zero attached hydrogens (tertiary/aromatic N) is 5. The molecule has 25 heavy (non-hydrogen) atoms. The maximum atomic E-state index is 12.4. The molecule has 0 radical (unpaired) electrons. The molecule has 0 unspecified atom stereocenters. The van der Waals surface area contributed by atoms with Gasteiger partial charge in [-0.25, -0.2) is 0 Å². The predicted octanol–water partition coefficient (Wildman–Crippen LogP) is 0.764. The quantitative estimate of drug-likeness (QED) is 0.804. The smallest absolute Gasteiger partial charge is 0.244 e. The molecular formula is C18H25N5O2. The zero-order chi connectivity index (χ0) is 17.7. The SMILES string of the molecule is CCN(Cc1ccncc1)C[C@@]1(O)CCN(C(=O)Cn2cccn2)C1. The van der Waals surface area contributed by atoms with Gasteiger partial charge < -0.3 is 10.0 Å². The third-order valence-corrected chi connectivity index (χ3v) is 4.66. The summed E-state index contributed by atoms with van der Waals surface area (Å²) < 4.78 is 1.61. The lowest BCUT2D eigenvalue weighted by atomic mass is 10.0. The minimum absolute atomic E-state index is 0.00296. The summed E-state index contributed by atoms with van der Waals surface area (Å²) in [5.74, 6) is -0.00296. The maximum Gasteiger partial charge on any atom is 0.244 e. The summed E-state index contributed by atoms with van der Waals surface area (Å²) in [5.41, 5.74) is 0.313. The van der Waals surface area contributed by atoms with Crippen LogP contribution in [0.4, 0.5) is 0 Å². The molecule has 3 heterocycles. The van der Waals surface area contributed by atoms with Gasteiger partial charge in [0.1, 0.15) is 6.54 Å². The molecule has 7 nitrogen and oxygen atoms in total. The van der Waals surface area contributed by atoms with E-state index in [0.29, 0.717) is 26.1 Å². The fourth-order valence-electron chi connectivity index (χ4n) is 3.27. The van der Waals surface area contributed by atoms with Crippen molar-refractivity contribution >= 4 is 5.91 Å². The largest absolute Gasteiger partial charge is 0.387 e. The molecule has 0 aliphatic carbocycles. The minimum Gasteiger partial charge on any atom is -0.387 e. The van der Waals surface area contributed by atoms with E-state index in [2.05, 4.69) is 21.9 Å². The van der Waals surface area contributed by atoms with Gasteiger partial charge in [0.05, 0.1) is 12.1 Å². The first-order chi connectivity index (χ1) is 12.1. The average Bonchev–Trinajstić information content (AvgIpc) is 3.25. The van der Waals surface area contributed by atoms with E-state index in [0.717, 1.165) is 13.1 Å². The van der Waals surface area contributed by atoms with Crippen molar-refractivity contribution in [2.45, 2.75) is 32.0 Å². The molecular weight excluding hydrogens is 318 g/mol. The van der Waals surface area contributed by atoms with E-state index in [1.54, 1.807) is 40.4 Å². The highest BCUT2D eigenvalue weighted by Crippen LogP contribution is 2.23. The standard InChI is InChI=1S/C18H25N5O2/c1-2-21(12-16-4-8-19-9-5-16)14-18(25)6-11-22(15-18)17(24)13-23-10-3-7-20-23/h3-5,7-10,25H,2,6,11-15H2,1H3/t18-/m0/s1. The molecule has 2 aromatic heterocycles. The van der Waals surface area contributed by atoms with Crippen LogP contribution < -0.4 is 0 Å². The second kappa shape index (κ2) is 7.76. The Balaban J connectivity index is 1.55. The Labute approximate surface area is 147 Å². The van der Waals surface area contributed by atoms with E-state index in [1.165, 1.54) is 5.56 Å². The third-order valence-electron chi connectivity index (χ3n) is 4.66. The van der Waals surface area contributed by atoms with Gasteiger partial charge in [-0.05, 0) is 36.7 Å². The van der Waals surface area contributed by atoms with Gasteiger partial charge in [-0.15, -0.1) is 0 Å². The van der Waals surface area contributed by atoms with E-state index >= 15 is 0 Å². The van der Waals surface area contributed by atoms with Gasteiger partial charge in [0.2, 0.25) is 5.91 Å². The fraction of sp³-hybridized carbons (Fsp3) is 0.500. The van der Waals surface area contributed by atoms with Crippen molar-refractivity contribution in [1.82, 2.24) is 24.6 Å². The highest BCUT2D eigenvalue weighted by atomic mass is 16.3. The van der Waals surface area contributed by atoms with Crippen LogP contribution >= 0.6 is 0 Å². The molecule has 1 amide bonds. The number of hydrogen-bond acceptors (Lipinski definition) is 5. The Kier molecular flexibility index (Phi) is 5.45. The summed E-state index contributed by atoms with van der Waals surface area (Å²) in [4.78, 5) is 20.4. The Bertz CT molecular complexity index is 676. The molecule has 0 saturated carbocycles. The Morgan fingerprint density at radius 3 is 2.84 bits per heavy atom.